The second kappa shape index (κ2) is 7.70. The standard InChI is InChI=1S/C25H28/c1-18(2)15-19(3)9-11-22-16-24(12-10-20(22)4)25-14-13-21-7-5-6-8-23(21)17-25/h5-8,10,12-14,16-17,19H,1,9,11,15H2,2-4H3. The Bertz CT molecular complexity index is 885. The quantitative estimate of drug-likeness (QED) is 0.415. The molecule has 0 amide bonds. The fourth-order valence-electron chi connectivity index (χ4n) is 3.59. The first kappa shape index (κ1) is 17.5. The van der Waals surface area contributed by atoms with Gasteiger partial charge in [-0.1, -0.05) is 67.1 Å². The van der Waals surface area contributed by atoms with E-state index in [-0.39, 0.29) is 0 Å². The Morgan fingerprint density at radius 2 is 1.60 bits per heavy atom. The van der Waals surface area contributed by atoms with Crippen molar-refractivity contribution in [3.8, 4) is 11.1 Å². The summed E-state index contributed by atoms with van der Waals surface area (Å²) in [6.07, 6.45) is 3.49. The topological polar surface area (TPSA) is 0 Å². The molecule has 0 N–H and O–H groups in total. The molecule has 0 spiro atoms. The summed E-state index contributed by atoms with van der Waals surface area (Å²) < 4.78 is 0. The van der Waals surface area contributed by atoms with Gasteiger partial charge in [0.25, 0.3) is 0 Å². The van der Waals surface area contributed by atoms with E-state index in [1.54, 1.807) is 0 Å². The molecular formula is C25H28. The predicted molar refractivity (Wildman–Crippen MR) is 111 cm³/mol. The van der Waals surface area contributed by atoms with Gasteiger partial charge in [0.1, 0.15) is 0 Å². The van der Waals surface area contributed by atoms with Gasteiger partial charge in [0.2, 0.25) is 0 Å². The normalized spacial score (nSPS) is 12.3. The van der Waals surface area contributed by atoms with E-state index < -0.39 is 0 Å². The maximum Gasteiger partial charge on any atom is -0.0178 e. The number of fused-ring (bicyclic) bond motifs is 1. The van der Waals surface area contributed by atoms with Gasteiger partial charge in [-0.3, -0.25) is 0 Å². The largest absolute Gasteiger partial charge is 0.100 e. The molecule has 0 heterocycles. The fourth-order valence-corrected chi connectivity index (χ4v) is 3.59. The summed E-state index contributed by atoms with van der Waals surface area (Å²) >= 11 is 0. The number of aryl methyl sites for hydroxylation is 2. The molecule has 3 aromatic carbocycles. The van der Waals surface area contributed by atoms with Crippen LogP contribution in [-0.4, -0.2) is 0 Å². The van der Waals surface area contributed by atoms with E-state index in [2.05, 4.69) is 88.0 Å². The minimum absolute atomic E-state index is 0.696. The van der Waals surface area contributed by atoms with E-state index in [9.17, 15) is 0 Å². The number of hydrogen-bond donors (Lipinski definition) is 0. The van der Waals surface area contributed by atoms with Gasteiger partial charge in [0, 0.05) is 0 Å². The summed E-state index contributed by atoms with van der Waals surface area (Å²) in [7, 11) is 0. The van der Waals surface area contributed by atoms with Crippen molar-refractivity contribution in [1.82, 2.24) is 0 Å². The summed E-state index contributed by atoms with van der Waals surface area (Å²) in [4.78, 5) is 0. The molecule has 0 radical (unpaired) electrons. The number of hydrogen-bond acceptors (Lipinski definition) is 0. The summed E-state index contributed by atoms with van der Waals surface area (Å²) in [6, 6.07) is 22.2. The van der Waals surface area contributed by atoms with Crippen molar-refractivity contribution in [2.75, 3.05) is 0 Å². The third-order valence-electron chi connectivity index (χ3n) is 5.04. The third-order valence-corrected chi connectivity index (χ3v) is 5.04. The van der Waals surface area contributed by atoms with E-state index in [1.807, 2.05) is 0 Å². The number of allylic oxidation sites excluding steroid dienone is 1. The predicted octanol–water partition coefficient (Wildman–Crippen LogP) is 7.35. The monoisotopic (exact) mass is 328 g/mol. The molecule has 0 bridgehead atoms. The van der Waals surface area contributed by atoms with Gasteiger partial charge in [-0.05, 0) is 78.1 Å². The van der Waals surface area contributed by atoms with Gasteiger partial charge in [0.05, 0.1) is 0 Å². The van der Waals surface area contributed by atoms with E-state index >= 15 is 0 Å². The van der Waals surface area contributed by atoms with Crippen LogP contribution in [0.3, 0.4) is 0 Å². The lowest BCUT2D eigenvalue weighted by atomic mass is 9.92. The van der Waals surface area contributed by atoms with E-state index in [4.69, 9.17) is 0 Å². The molecule has 0 nitrogen and oxygen atoms in total. The van der Waals surface area contributed by atoms with Crippen molar-refractivity contribution in [2.24, 2.45) is 5.92 Å². The van der Waals surface area contributed by atoms with E-state index in [0.717, 1.165) is 12.8 Å². The number of rotatable bonds is 6. The lowest BCUT2D eigenvalue weighted by molar-refractivity contribution is 0.528. The van der Waals surface area contributed by atoms with Gasteiger partial charge in [-0.2, -0.15) is 0 Å². The van der Waals surface area contributed by atoms with Crippen molar-refractivity contribution in [2.45, 2.75) is 40.0 Å². The average Bonchev–Trinajstić information content (AvgIpc) is 2.60. The van der Waals surface area contributed by atoms with Crippen LogP contribution in [0.2, 0.25) is 0 Å². The molecule has 0 heteroatoms. The Balaban J connectivity index is 1.83. The average molecular weight is 328 g/mol. The summed E-state index contributed by atoms with van der Waals surface area (Å²) in [5.74, 6) is 0.696. The zero-order valence-electron chi connectivity index (χ0n) is 15.7. The van der Waals surface area contributed by atoms with Crippen LogP contribution in [-0.2, 0) is 6.42 Å². The van der Waals surface area contributed by atoms with Gasteiger partial charge in [-0.15, -0.1) is 6.58 Å². The van der Waals surface area contributed by atoms with Gasteiger partial charge in [-0.25, -0.2) is 0 Å². The van der Waals surface area contributed by atoms with Crippen molar-refractivity contribution in [3.05, 3.63) is 83.9 Å². The van der Waals surface area contributed by atoms with Crippen LogP contribution in [0.5, 0.6) is 0 Å². The second-order valence-corrected chi connectivity index (χ2v) is 7.51. The first-order valence-corrected chi connectivity index (χ1v) is 9.26. The lowest BCUT2D eigenvalue weighted by Crippen LogP contribution is -1.99. The maximum absolute atomic E-state index is 4.05. The first-order chi connectivity index (χ1) is 12.0. The minimum Gasteiger partial charge on any atom is -0.100 e. The maximum atomic E-state index is 4.05. The molecule has 0 saturated heterocycles. The first-order valence-electron chi connectivity index (χ1n) is 9.26. The highest BCUT2D eigenvalue weighted by molar-refractivity contribution is 5.87. The highest BCUT2D eigenvalue weighted by atomic mass is 14.1. The molecule has 3 rings (SSSR count). The second-order valence-electron chi connectivity index (χ2n) is 7.51. The van der Waals surface area contributed by atoms with Crippen molar-refractivity contribution in [1.29, 1.82) is 0 Å². The SMILES string of the molecule is C=C(C)CC(C)CCc1cc(-c2ccc3ccccc3c2)ccc1C. The van der Waals surface area contributed by atoms with E-state index in [1.165, 1.54) is 45.0 Å². The molecular weight excluding hydrogens is 300 g/mol. The summed E-state index contributed by atoms with van der Waals surface area (Å²) in [5.41, 5.74) is 6.77. The van der Waals surface area contributed by atoms with Gasteiger partial charge in [0.15, 0.2) is 0 Å². The highest BCUT2D eigenvalue weighted by Crippen LogP contribution is 2.27. The molecule has 3 aromatic rings. The molecule has 25 heavy (non-hydrogen) atoms. The van der Waals surface area contributed by atoms with Crippen LogP contribution in [0.4, 0.5) is 0 Å². The van der Waals surface area contributed by atoms with Crippen molar-refractivity contribution in [3.63, 3.8) is 0 Å². The molecule has 0 aromatic heterocycles. The highest BCUT2D eigenvalue weighted by Gasteiger charge is 2.07. The van der Waals surface area contributed by atoms with Crippen LogP contribution in [0.25, 0.3) is 21.9 Å². The van der Waals surface area contributed by atoms with Crippen LogP contribution >= 0.6 is 0 Å². The molecule has 1 unspecified atom stereocenters. The fraction of sp³-hybridized carbons (Fsp3) is 0.280. The van der Waals surface area contributed by atoms with Gasteiger partial charge >= 0.3 is 0 Å². The van der Waals surface area contributed by atoms with Gasteiger partial charge < -0.3 is 0 Å². The molecule has 0 saturated carbocycles. The Kier molecular flexibility index (Phi) is 5.38. The zero-order chi connectivity index (χ0) is 17.8. The van der Waals surface area contributed by atoms with Crippen molar-refractivity contribution >= 4 is 10.8 Å². The lowest BCUT2D eigenvalue weighted by Gasteiger charge is -2.14. The number of benzene rings is 3. The van der Waals surface area contributed by atoms with Crippen molar-refractivity contribution < 1.29 is 0 Å². The third kappa shape index (κ3) is 4.39. The molecule has 0 aliphatic carbocycles. The molecule has 128 valence electrons. The Labute approximate surface area is 152 Å². The molecule has 0 aliphatic heterocycles. The van der Waals surface area contributed by atoms with E-state index in [0.29, 0.717) is 5.92 Å². The Morgan fingerprint density at radius 1 is 0.920 bits per heavy atom. The Morgan fingerprint density at radius 3 is 2.36 bits per heavy atom. The summed E-state index contributed by atoms with van der Waals surface area (Å²) in [5, 5.41) is 2.60. The molecule has 0 fully saturated rings. The van der Waals surface area contributed by atoms with Crippen LogP contribution < -0.4 is 0 Å². The van der Waals surface area contributed by atoms with Crippen LogP contribution in [0.15, 0.2) is 72.8 Å². The van der Waals surface area contributed by atoms with Crippen LogP contribution in [0.1, 0.15) is 37.8 Å². The summed E-state index contributed by atoms with van der Waals surface area (Å²) in [6.45, 7) is 10.7. The van der Waals surface area contributed by atoms with Crippen LogP contribution in [0, 0.1) is 12.8 Å². The smallest absolute Gasteiger partial charge is 0.0178 e. The molecule has 1 atom stereocenters. The minimum atomic E-state index is 0.696. The molecule has 0 aliphatic rings. The Hall–Kier alpha value is -2.34. The zero-order valence-corrected chi connectivity index (χ0v) is 15.7.